The van der Waals surface area contributed by atoms with Crippen LogP contribution in [-0.2, 0) is 20.0 Å². The third-order valence-corrected chi connectivity index (χ3v) is 7.04. The first-order valence-corrected chi connectivity index (χ1v) is 10.5. The van der Waals surface area contributed by atoms with Gasteiger partial charge in [0.25, 0.3) is 0 Å². The second-order valence-corrected chi connectivity index (χ2v) is 9.21. The molecule has 0 aromatic heterocycles. The van der Waals surface area contributed by atoms with Crippen LogP contribution in [0.25, 0.3) is 0 Å². The minimum Gasteiger partial charge on any atom is -0.273 e. The maximum absolute atomic E-state index is 12.3. The summed E-state index contributed by atoms with van der Waals surface area (Å²) in [6.45, 7) is -0.257. The first kappa shape index (κ1) is 18.7. The molecule has 2 aromatic carbocycles. The number of hydrogen-bond acceptors (Lipinski definition) is 4. The lowest BCUT2D eigenvalue weighted by Gasteiger charge is -2.19. The number of nitrogens with zero attached hydrogens (tertiary/aromatic N) is 1. The van der Waals surface area contributed by atoms with Crippen molar-refractivity contribution in [3.63, 3.8) is 0 Å². The zero-order valence-corrected chi connectivity index (χ0v) is 15.3. The van der Waals surface area contributed by atoms with Crippen molar-refractivity contribution in [2.75, 3.05) is 23.7 Å². The molecule has 0 fully saturated rings. The molecular weight excluding hydrogens is 372 g/mol. The van der Waals surface area contributed by atoms with Crippen molar-refractivity contribution >= 4 is 37.3 Å². The van der Waals surface area contributed by atoms with Gasteiger partial charge in [0.1, 0.15) is 4.90 Å². The number of para-hydroxylation sites is 1. The number of benzene rings is 2. The van der Waals surface area contributed by atoms with Crippen molar-refractivity contribution in [2.45, 2.75) is 4.90 Å². The minimum atomic E-state index is -3.87. The lowest BCUT2D eigenvalue weighted by Crippen LogP contribution is -2.35. The third kappa shape index (κ3) is 4.47. The van der Waals surface area contributed by atoms with Crippen LogP contribution in [-0.4, -0.2) is 36.2 Å². The van der Waals surface area contributed by atoms with E-state index in [0.717, 1.165) is 4.31 Å². The van der Waals surface area contributed by atoms with Crippen molar-refractivity contribution in [3.05, 3.63) is 59.6 Å². The van der Waals surface area contributed by atoms with Gasteiger partial charge in [0, 0.05) is 13.6 Å². The van der Waals surface area contributed by atoms with Gasteiger partial charge < -0.3 is 0 Å². The Labute approximate surface area is 147 Å². The summed E-state index contributed by atoms with van der Waals surface area (Å²) in [6.07, 6.45) is 0. The maximum atomic E-state index is 12.3. The Morgan fingerprint density at radius 2 is 1.54 bits per heavy atom. The molecule has 6 nitrogen and oxygen atoms in total. The Kier molecular flexibility index (Phi) is 5.87. The molecule has 0 aliphatic rings. The molecule has 0 spiro atoms. The molecule has 0 radical (unpaired) electrons. The SMILES string of the molecule is CN(c1ccccc1)S(=O)(=O)CCNS(=O)(=O)c1ccccc1Cl. The summed E-state index contributed by atoms with van der Waals surface area (Å²) in [4.78, 5) is -0.0829. The van der Waals surface area contributed by atoms with Gasteiger partial charge in [0.2, 0.25) is 20.0 Å². The molecule has 0 aliphatic carbocycles. The Morgan fingerprint density at radius 1 is 0.958 bits per heavy atom. The molecule has 9 heteroatoms. The molecule has 0 atom stereocenters. The highest BCUT2D eigenvalue weighted by molar-refractivity contribution is 7.93. The van der Waals surface area contributed by atoms with Crippen LogP contribution in [0.5, 0.6) is 0 Å². The van der Waals surface area contributed by atoms with E-state index in [1.165, 1.54) is 19.2 Å². The molecule has 2 rings (SSSR count). The Balaban J connectivity index is 2.04. The average molecular weight is 389 g/mol. The molecule has 0 aliphatic heterocycles. The molecule has 0 heterocycles. The normalized spacial score (nSPS) is 12.1. The molecule has 0 saturated carbocycles. The number of hydrogen-bond donors (Lipinski definition) is 1. The average Bonchev–Trinajstić information content (AvgIpc) is 2.54. The van der Waals surface area contributed by atoms with E-state index in [1.54, 1.807) is 42.5 Å². The molecular formula is C15H17ClN2O4S2. The molecule has 0 bridgehead atoms. The molecule has 0 amide bonds. The van der Waals surface area contributed by atoms with Gasteiger partial charge in [-0.05, 0) is 24.3 Å². The highest BCUT2D eigenvalue weighted by Crippen LogP contribution is 2.20. The smallest absolute Gasteiger partial charge is 0.242 e. The number of sulfonamides is 2. The van der Waals surface area contributed by atoms with Gasteiger partial charge in [0.15, 0.2) is 0 Å². The second-order valence-electron chi connectivity index (χ2n) is 4.95. The zero-order chi connectivity index (χ0) is 17.8. The summed E-state index contributed by atoms with van der Waals surface area (Å²) in [6, 6.07) is 14.5. The molecule has 1 N–H and O–H groups in total. The summed E-state index contributed by atoms with van der Waals surface area (Å²) in [5.74, 6) is -0.373. The van der Waals surface area contributed by atoms with Crippen molar-refractivity contribution in [2.24, 2.45) is 0 Å². The standard InChI is InChI=1S/C15H17ClN2O4S2/c1-18(13-7-3-2-4-8-13)23(19,20)12-11-17-24(21,22)15-10-6-5-9-14(15)16/h2-10,17H,11-12H2,1H3. The van der Waals surface area contributed by atoms with Gasteiger partial charge in [-0.15, -0.1) is 0 Å². The number of rotatable bonds is 7. The number of anilines is 1. The first-order valence-electron chi connectivity index (χ1n) is 7.00. The van der Waals surface area contributed by atoms with Gasteiger partial charge in [-0.3, -0.25) is 4.31 Å². The lowest BCUT2D eigenvalue weighted by molar-refractivity contribution is 0.580. The van der Waals surface area contributed by atoms with Crippen LogP contribution in [0.1, 0.15) is 0 Å². The van der Waals surface area contributed by atoms with E-state index in [2.05, 4.69) is 4.72 Å². The predicted molar refractivity (Wildman–Crippen MR) is 95.3 cm³/mol. The van der Waals surface area contributed by atoms with E-state index in [1.807, 2.05) is 0 Å². The van der Waals surface area contributed by atoms with Crippen LogP contribution >= 0.6 is 11.6 Å². The van der Waals surface area contributed by atoms with Crippen molar-refractivity contribution in [3.8, 4) is 0 Å². The quantitative estimate of drug-likeness (QED) is 0.787. The second kappa shape index (κ2) is 7.52. The summed E-state index contributed by atoms with van der Waals surface area (Å²) in [7, 11) is -6.10. The summed E-state index contributed by atoms with van der Waals surface area (Å²) in [5.41, 5.74) is 0.506. The van der Waals surface area contributed by atoms with E-state index in [4.69, 9.17) is 11.6 Å². The van der Waals surface area contributed by atoms with Gasteiger partial charge >= 0.3 is 0 Å². The van der Waals surface area contributed by atoms with E-state index in [9.17, 15) is 16.8 Å². The van der Waals surface area contributed by atoms with E-state index in [-0.39, 0.29) is 22.2 Å². The van der Waals surface area contributed by atoms with Crippen LogP contribution in [0.15, 0.2) is 59.5 Å². The molecule has 24 heavy (non-hydrogen) atoms. The molecule has 130 valence electrons. The topological polar surface area (TPSA) is 83.6 Å². The largest absolute Gasteiger partial charge is 0.273 e. The fraction of sp³-hybridized carbons (Fsp3) is 0.200. The van der Waals surface area contributed by atoms with Crippen molar-refractivity contribution in [1.82, 2.24) is 4.72 Å². The Hall–Kier alpha value is -1.61. The predicted octanol–water partition coefficient (Wildman–Crippen LogP) is 2.08. The highest BCUT2D eigenvalue weighted by atomic mass is 35.5. The highest BCUT2D eigenvalue weighted by Gasteiger charge is 2.21. The van der Waals surface area contributed by atoms with E-state index in [0.29, 0.717) is 5.69 Å². The van der Waals surface area contributed by atoms with Crippen LogP contribution in [0.3, 0.4) is 0 Å². The van der Waals surface area contributed by atoms with Gasteiger partial charge in [0.05, 0.1) is 16.5 Å². The van der Waals surface area contributed by atoms with Gasteiger partial charge in [-0.1, -0.05) is 41.9 Å². The lowest BCUT2D eigenvalue weighted by atomic mass is 10.3. The molecule has 0 saturated heterocycles. The molecule has 2 aromatic rings. The van der Waals surface area contributed by atoms with Gasteiger partial charge in [-0.25, -0.2) is 21.6 Å². The number of nitrogens with one attached hydrogen (secondary N) is 1. The summed E-state index contributed by atoms with van der Waals surface area (Å²) in [5, 5.41) is 0.0780. The molecule has 0 unspecified atom stereocenters. The van der Waals surface area contributed by atoms with Crippen molar-refractivity contribution in [1.29, 1.82) is 0 Å². The van der Waals surface area contributed by atoms with Crippen LogP contribution < -0.4 is 9.03 Å². The Morgan fingerprint density at radius 3 is 2.17 bits per heavy atom. The fourth-order valence-corrected chi connectivity index (χ4v) is 4.74. The van der Waals surface area contributed by atoms with Crippen LogP contribution in [0, 0.1) is 0 Å². The van der Waals surface area contributed by atoms with Gasteiger partial charge in [-0.2, -0.15) is 0 Å². The Bertz CT molecular complexity index is 900. The maximum Gasteiger partial charge on any atom is 0.242 e. The summed E-state index contributed by atoms with van der Waals surface area (Å²) < 4.78 is 52.3. The minimum absolute atomic E-state index is 0.0780. The monoisotopic (exact) mass is 388 g/mol. The first-order chi connectivity index (χ1) is 11.2. The summed E-state index contributed by atoms with van der Waals surface area (Å²) >= 11 is 5.86. The van der Waals surface area contributed by atoms with Crippen LogP contribution in [0.4, 0.5) is 5.69 Å². The zero-order valence-electron chi connectivity index (χ0n) is 12.9. The van der Waals surface area contributed by atoms with Crippen LogP contribution in [0.2, 0.25) is 5.02 Å². The van der Waals surface area contributed by atoms with E-state index >= 15 is 0 Å². The number of halogens is 1. The van der Waals surface area contributed by atoms with Crippen molar-refractivity contribution < 1.29 is 16.8 Å². The van der Waals surface area contributed by atoms with E-state index < -0.39 is 20.0 Å². The third-order valence-electron chi connectivity index (χ3n) is 3.32. The fourth-order valence-electron chi connectivity index (χ4n) is 1.98.